The van der Waals surface area contributed by atoms with Crippen molar-refractivity contribution in [3.8, 4) is 0 Å². The smallest absolute Gasteiger partial charge is 0.187 e. The van der Waals surface area contributed by atoms with Crippen molar-refractivity contribution in [1.29, 1.82) is 0 Å². The van der Waals surface area contributed by atoms with Crippen molar-refractivity contribution in [1.82, 2.24) is 19.8 Å². The summed E-state index contributed by atoms with van der Waals surface area (Å²) in [6.45, 7) is 6.72. The van der Waals surface area contributed by atoms with E-state index in [2.05, 4.69) is 58.0 Å². The van der Waals surface area contributed by atoms with Gasteiger partial charge >= 0.3 is 0 Å². The van der Waals surface area contributed by atoms with Gasteiger partial charge in [-0.2, -0.15) is 0 Å². The summed E-state index contributed by atoms with van der Waals surface area (Å²) >= 11 is 1.69. The molecule has 0 saturated carbocycles. The average Bonchev–Trinajstić information content (AvgIpc) is 2.76. The maximum absolute atomic E-state index is 4.54. The van der Waals surface area contributed by atoms with Crippen LogP contribution in [0, 0.1) is 0 Å². The molecule has 1 unspecified atom stereocenters. The molecule has 0 N–H and O–H groups in total. The van der Waals surface area contributed by atoms with E-state index < -0.39 is 0 Å². The van der Waals surface area contributed by atoms with Gasteiger partial charge in [-0.15, -0.1) is 0 Å². The van der Waals surface area contributed by atoms with E-state index in [9.17, 15) is 0 Å². The highest BCUT2D eigenvalue weighted by Crippen LogP contribution is 2.19. The molecule has 0 bridgehead atoms. The van der Waals surface area contributed by atoms with Crippen molar-refractivity contribution in [2.75, 3.05) is 26.7 Å². The molecule has 2 heterocycles. The van der Waals surface area contributed by atoms with Crippen LogP contribution in [-0.4, -0.2) is 52.5 Å². The maximum atomic E-state index is 4.54. The normalized spacial score (nSPS) is 20.0. The second kappa shape index (κ2) is 8.60. The lowest BCUT2D eigenvalue weighted by molar-refractivity contribution is 0.194. The molecule has 1 aliphatic heterocycles. The molecule has 0 amide bonds. The largest absolute Gasteiger partial charge is 0.305 e. The van der Waals surface area contributed by atoms with Crippen LogP contribution in [0.5, 0.6) is 0 Å². The van der Waals surface area contributed by atoms with E-state index in [0.29, 0.717) is 6.04 Å². The van der Waals surface area contributed by atoms with Crippen LogP contribution >= 0.6 is 11.8 Å². The zero-order valence-corrected chi connectivity index (χ0v) is 15.4. The van der Waals surface area contributed by atoms with Crippen molar-refractivity contribution in [3.63, 3.8) is 0 Å². The predicted molar refractivity (Wildman–Crippen MR) is 100 cm³/mol. The first-order valence-corrected chi connectivity index (χ1v) is 9.59. The molecule has 24 heavy (non-hydrogen) atoms. The zero-order chi connectivity index (χ0) is 16.8. The number of likely N-dealkylation sites (N-methyl/N-ethyl adjacent to an activating group) is 1. The fourth-order valence-electron chi connectivity index (χ4n) is 3.11. The summed E-state index contributed by atoms with van der Waals surface area (Å²) in [5.74, 6) is 0.912. The monoisotopic (exact) mass is 342 g/mol. The van der Waals surface area contributed by atoms with Gasteiger partial charge in [-0.25, -0.2) is 9.97 Å². The number of hydrogen-bond donors (Lipinski definition) is 0. The average molecular weight is 343 g/mol. The minimum Gasteiger partial charge on any atom is -0.305 e. The molecule has 1 saturated heterocycles. The summed E-state index contributed by atoms with van der Waals surface area (Å²) in [4.78, 5) is 14.0. The fraction of sp³-hybridized carbons (Fsp3) is 0.474. The first-order valence-electron chi connectivity index (χ1n) is 8.61. The second-order valence-corrected chi connectivity index (χ2v) is 7.53. The Bertz CT molecular complexity index is 617. The van der Waals surface area contributed by atoms with E-state index in [0.717, 1.165) is 30.5 Å². The number of hydrogen-bond acceptors (Lipinski definition) is 5. The molecule has 128 valence electrons. The Kier molecular flexibility index (Phi) is 6.24. The van der Waals surface area contributed by atoms with Crippen molar-refractivity contribution in [2.24, 2.45) is 0 Å². The van der Waals surface area contributed by atoms with Gasteiger partial charge in [0.25, 0.3) is 0 Å². The third-order valence-electron chi connectivity index (χ3n) is 4.46. The van der Waals surface area contributed by atoms with Crippen molar-refractivity contribution in [3.05, 3.63) is 53.9 Å². The van der Waals surface area contributed by atoms with Gasteiger partial charge in [-0.1, -0.05) is 42.1 Å². The van der Waals surface area contributed by atoms with E-state index in [1.54, 1.807) is 11.8 Å². The summed E-state index contributed by atoms with van der Waals surface area (Å²) in [6.07, 6.45) is 5.20. The van der Waals surface area contributed by atoms with Crippen LogP contribution in [0.25, 0.3) is 0 Å². The molecule has 5 heteroatoms. The zero-order valence-electron chi connectivity index (χ0n) is 14.6. The highest BCUT2D eigenvalue weighted by atomic mass is 32.2. The highest BCUT2D eigenvalue weighted by molar-refractivity contribution is 7.98. The number of benzene rings is 1. The predicted octanol–water partition coefficient (Wildman–Crippen LogP) is 3.29. The number of rotatable bonds is 5. The summed E-state index contributed by atoms with van der Waals surface area (Å²) < 4.78 is 0. The van der Waals surface area contributed by atoms with Crippen molar-refractivity contribution in [2.45, 2.75) is 36.8 Å². The molecule has 1 aliphatic rings. The Hall–Kier alpha value is -1.43. The molecular weight excluding hydrogens is 316 g/mol. The van der Waals surface area contributed by atoms with Gasteiger partial charge in [0.15, 0.2) is 5.16 Å². The van der Waals surface area contributed by atoms with E-state index >= 15 is 0 Å². The third-order valence-corrected chi connectivity index (χ3v) is 5.41. The lowest BCUT2D eigenvalue weighted by atomic mass is 10.2. The second-order valence-electron chi connectivity index (χ2n) is 6.58. The molecule has 2 aromatic rings. The first kappa shape index (κ1) is 17.4. The minimum absolute atomic E-state index is 0.574. The van der Waals surface area contributed by atoms with Crippen molar-refractivity contribution >= 4 is 11.8 Å². The summed E-state index contributed by atoms with van der Waals surface area (Å²) in [5.41, 5.74) is 2.51. The van der Waals surface area contributed by atoms with Crippen LogP contribution in [0.1, 0.15) is 24.5 Å². The third kappa shape index (κ3) is 5.03. The molecule has 0 aliphatic carbocycles. The molecule has 1 fully saturated rings. The van der Waals surface area contributed by atoms with Gasteiger partial charge in [0.2, 0.25) is 0 Å². The van der Waals surface area contributed by atoms with E-state index in [1.807, 2.05) is 18.5 Å². The van der Waals surface area contributed by atoms with Crippen LogP contribution < -0.4 is 0 Å². The summed E-state index contributed by atoms with van der Waals surface area (Å²) in [7, 11) is 2.21. The van der Waals surface area contributed by atoms with Crippen LogP contribution in [0.15, 0.2) is 47.9 Å². The standard InChI is InChI=1S/C19H26N4S/c1-16-13-22(2)9-6-10-23(16)14-18-11-20-19(21-12-18)24-15-17-7-4-3-5-8-17/h3-5,7-8,11-12,16H,6,9-10,13-15H2,1-2H3. The van der Waals surface area contributed by atoms with Gasteiger partial charge in [0.05, 0.1) is 0 Å². The fourth-order valence-corrected chi connectivity index (χ4v) is 3.86. The van der Waals surface area contributed by atoms with Gasteiger partial charge in [-0.3, -0.25) is 4.90 Å². The highest BCUT2D eigenvalue weighted by Gasteiger charge is 2.19. The molecule has 1 aromatic carbocycles. The molecule has 0 spiro atoms. The Morgan fingerprint density at radius 1 is 1.08 bits per heavy atom. The molecular formula is C19H26N4S. The minimum atomic E-state index is 0.574. The number of nitrogens with zero attached hydrogens (tertiary/aromatic N) is 4. The Morgan fingerprint density at radius 2 is 1.83 bits per heavy atom. The lowest BCUT2D eigenvalue weighted by Gasteiger charge is -2.27. The number of thioether (sulfide) groups is 1. The molecule has 1 aromatic heterocycles. The Labute approximate surface area is 149 Å². The topological polar surface area (TPSA) is 32.3 Å². The van der Waals surface area contributed by atoms with E-state index in [1.165, 1.54) is 24.1 Å². The van der Waals surface area contributed by atoms with Crippen LogP contribution in [0.2, 0.25) is 0 Å². The lowest BCUT2D eigenvalue weighted by Crippen LogP contribution is -2.37. The van der Waals surface area contributed by atoms with Crippen LogP contribution in [-0.2, 0) is 12.3 Å². The maximum Gasteiger partial charge on any atom is 0.187 e. The van der Waals surface area contributed by atoms with E-state index in [-0.39, 0.29) is 0 Å². The van der Waals surface area contributed by atoms with Crippen LogP contribution in [0.4, 0.5) is 0 Å². The molecule has 1 atom stereocenters. The number of aromatic nitrogens is 2. The quantitative estimate of drug-likeness (QED) is 0.615. The van der Waals surface area contributed by atoms with Gasteiger partial charge in [0, 0.05) is 49.4 Å². The molecule has 3 rings (SSSR count). The van der Waals surface area contributed by atoms with Gasteiger partial charge in [-0.05, 0) is 32.5 Å². The first-order chi connectivity index (χ1) is 11.7. The SMILES string of the molecule is CC1CN(C)CCCN1Cc1cnc(SCc2ccccc2)nc1. The molecule has 4 nitrogen and oxygen atoms in total. The summed E-state index contributed by atoms with van der Waals surface area (Å²) in [5, 5.41) is 0.853. The molecule has 0 radical (unpaired) electrons. The Morgan fingerprint density at radius 3 is 2.58 bits per heavy atom. The van der Waals surface area contributed by atoms with Crippen LogP contribution in [0.3, 0.4) is 0 Å². The van der Waals surface area contributed by atoms with Gasteiger partial charge in [0.1, 0.15) is 0 Å². The van der Waals surface area contributed by atoms with Crippen molar-refractivity contribution < 1.29 is 0 Å². The van der Waals surface area contributed by atoms with Gasteiger partial charge < -0.3 is 4.90 Å². The summed E-state index contributed by atoms with van der Waals surface area (Å²) in [6, 6.07) is 11.0. The Balaban J connectivity index is 1.54. The van der Waals surface area contributed by atoms with E-state index in [4.69, 9.17) is 0 Å².